The van der Waals surface area contributed by atoms with Crippen LogP contribution in [0.1, 0.15) is 303 Å². The predicted molar refractivity (Wildman–Crippen MR) is 288 cm³/mol. The van der Waals surface area contributed by atoms with Crippen molar-refractivity contribution in [3.63, 3.8) is 0 Å². The average Bonchev–Trinajstić information content (AvgIpc) is 3.32. The molecule has 1 atom stereocenters. The van der Waals surface area contributed by atoms with Crippen LogP contribution >= 0.6 is 0 Å². The van der Waals surface area contributed by atoms with Gasteiger partial charge in [0.15, 0.2) is 6.10 Å². The summed E-state index contributed by atoms with van der Waals surface area (Å²) in [5.41, 5.74) is 0. The monoisotopic (exact) mass is 925 g/mol. The second kappa shape index (κ2) is 57.2. The van der Waals surface area contributed by atoms with Crippen LogP contribution in [0.25, 0.3) is 0 Å². The molecule has 0 rings (SSSR count). The summed E-state index contributed by atoms with van der Waals surface area (Å²) < 4.78 is 17.5. The summed E-state index contributed by atoms with van der Waals surface area (Å²) in [4.78, 5) is 25.5. The topological polar surface area (TPSA) is 61.8 Å². The van der Waals surface area contributed by atoms with E-state index in [-0.39, 0.29) is 25.2 Å². The van der Waals surface area contributed by atoms with E-state index >= 15 is 0 Å². The molecule has 0 spiro atoms. The first-order chi connectivity index (χ1) is 32.6. The first-order valence-corrected chi connectivity index (χ1v) is 29.2. The number of carbonyl (C=O) groups is 2. The number of esters is 2. The Balaban J connectivity index is 4.22. The van der Waals surface area contributed by atoms with Crippen LogP contribution in [0.5, 0.6) is 0 Å². The van der Waals surface area contributed by atoms with E-state index in [0.29, 0.717) is 19.4 Å². The minimum atomic E-state index is -0.549. The quantitative estimate of drug-likeness (QED) is 0.0345. The molecule has 386 valence electrons. The van der Waals surface area contributed by atoms with E-state index in [1.165, 1.54) is 199 Å². The fourth-order valence-corrected chi connectivity index (χ4v) is 8.52. The Hall–Kier alpha value is -2.14. The summed E-state index contributed by atoms with van der Waals surface area (Å²) in [7, 11) is 0. The molecule has 0 aromatic rings. The zero-order valence-corrected chi connectivity index (χ0v) is 44.5. The number of hydrogen-bond acceptors (Lipinski definition) is 5. The van der Waals surface area contributed by atoms with Gasteiger partial charge in [-0.15, -0.1) is 0 Å². The third kappa shape index (κ3) is 54.5. The smallest absolute Gasteiger partial charge is 0.306 e. The highest BCUT2D eigenvalue weighted by Crippen LogP contribution is 2.16. The molecule has 0 bridgehead atoms. The summed E-state index contributed by atoms with van der Waals surface area (Å²) in [6.07, 6.45) is 71.4. The largest absolute Gasteiger partial charge is 0.462 e. The molecular formula is C61H112O5. The average molecular weight is 926 g/mol. The summed E-state index contributed by atoms with van der Waals surface area (Å²) in [5.74, 6) is -0.415. The van der Waals surface area contributed by atoms with Gasteiger partial charge in [-0.2, -0.15) is 0 Å². The van der Waals surface area contributed by atoms with Crippen LogP contribution in [-0.2, 0) is 23.8 Å². The molecule has 0 saturated carbocycles. The summed E-state index contributed by atoms with van der Waals surface area (Å²) >= 11 is 0. The van der Waals surface area contributed by atoms with Gasteiger partial charge in [0.25, 0.3) is 0 Å². The Morgan fingerprint density at radius 3 is 1.12 bits per heavy atom. The van der Waals surface area contributed by atoms with Gasteiger partial charge in [-0.1, -0.05) is 262 Å². The van der Waals surface area contributed by atoms with Crippen molar-refractivity contribution in [3.8, 4) is 0 Å². The van der Waals surface area contributed by atoms with Gasteiger partial charge >= 0.3 is 11.9 Å². The van der Waals surface area contributed by atoms with Crippen LogP contribution in [0.3, 0.4) is 0 Å². The van der Waals surface area contributed by atoms with Crippen molar-refractivity contribution in [2.75, 3.05) is 19.8 Å². The van der Waals surface area contributed by atoms with Crippen molar-refractivity contribution in [3.05, 3.63) is 48.6 Å². The van der Waals surface area contributed by atoms with E-state index < -0.39 is 6.10 Å². The van der Waals surface area contributed by atoms with Crippen LogP contribution in [-0.4, -0.2) is 37.9 Å². The van der Waals surface area contributed by atoms with Crippen molar-refractivity contribution in [2.45, 2.75) is 309 Å². The lowest BCUT2D eigenvalue weighted by atomic mass is 10.0. The van der Waals surface area contributed by atoms with Gasteiger partial charge < -0.3 is 14.2 Å². The molecule has 0 aromatic carbocycles. The van der Waals surface area contributed by atoms with Crippen LogP contribution in [0, 0.1) is 0 Å². The summed E-state index contributed by atoms with van der Waals surface area (Å²) in [6, 6.07) is 0. The molecule has 1 unspecified atom stereocenters. The minimum Gasteiger partial charge on any atom is -0.462 e. The second-order valence-electron chi connectivity index (χ2n) is 19.5. The molecule has 0 aromatic heterocycles. The highest BCUT2D eigenvalue weighted by molar-refractivity contribution is 5.70. The number of hydrogen-bond donors (Lipinski definition) is 0. The van der Waals surface area contributed by atoms with Crippen molar-refractivity contribution < 1.29 is 23.8 Å². The molecule has 0 saturated heterocycles. The fourth-order valence-electron chi connectivity index (χ4n) is 8.52. The van der Waals surface area contributed by atoms with Crippen molar-refractivity contribution in [2.24, 2.45) is 0 Å². The fraction of sp³-hybridized carbons (Fsp3) is 0.836. The molecule has 5 nitrogen and oxygen atoms in total. The Bertz CT molecular complexity index is 1090. The van der Waals surface area contributed by atoms with Crippen molar-refractivity contribution >= 4 is 11.9 Å². The first kappa shape index (κ1) is 63.9. The third-order valence-corrected chi connectivity index (χ3v) is 12.8. The zero-order chi connectivity index (χ0) is 47.7. The highest BCUT2D eigenvalue weighted by Gasteiger charge is 2.17. The van der Waals surface area contributed by atoms with Gasteiger partial charge in [0, 0.05) is 19.4 Å². The Kier molecular flexibility index (Phi) is 55.3. The maximum absolute atomic E-state index is 12.8. The number of unbranched alkanes of at least 4 members (excludes halogenated alkanes) is 35. The van der Waals surface area contributed by atoms with E-state index in [0.717, 1.165) is 70.6 Å². The molecule has 0 radical (unpaired) electrons. The van der Waals surface area contributed by atoms with Crippen LogP contribution in [0.4, 0.5) is 0 Å². The minimum absolute atomic E-state index is 0.0770. The molecular weight excluding hydrogens is 813 g/mol. The molecule has 0 heterocycles. The lowest BCUT2D eigenvalue weighted by Gasteiger charge is -2.18. The number of rotatable bonds is 54. The third-order valence-electron chi connectivity index (χ3n) is 12.8. The van der Waals surface area contributed by atoms with Gasteiger partial charge in [0.05, 0.1) is 6.61 Å². The zero-order valence-electron chi connectivity index (χ0n) is 44.5. The number of carbonyl (C=O) groups excluding carboxylic acids is 2. The molecule has 66 heavy (non-hydrogen) atoms. The first-order valence-electron chi connectivity index (χ1n) is 29.2. The van der Waals surface area contributed by atoms with E-state index in [1.807, 2.05) is 0 Å². The Morgan fingerprint density at radius 2 is 0.682 bits per heavy atom. The van der Waals surface area contributed by atoms with Crippen LogP contribution < -0.4 is 0 Å². The van der Waals surface area contributed by atoms with Gasteiger partial charge in [-0.25, -0.2) is 0 Å². The normalized spacial score (nSPS) is 12.5. The van der Waals surface area contributed by atoms with E-state index in [9.17, 15) is 9.59 Å². The molecule has 0 aliphatic carbocycles. The van der Waals surface area contributed by atoms with E-state index in [1.54, 1.807) is 0 Å². The van der Waals surface area contributed by atoms with E-state index in [2.05, 4.69) is 69.4 Å². The standard InChI is InChI=1S/C61H112O5/c1-4-7-10-13-16-19-22-25-27-29-30-31-33-35-38-41-44-47-50-53-56-64-57-59(66-61(63)55-52-49-46-43-40-36-24-21-18-15-12-9-6-3)58-65-60(62)54-51-48-45-42-39-37-34-32-28-26-23-20-17-14-11-8-5-2/h9,12,18,21,25,27,36,40,59H,4-8,10-11,13-17,19-20,22-24,26,28-35,37-39,41-58H2,1-3H3/b12-9-,21-18-,27-25-,40-36-. The lowest BCUT2D eigenvalue weighted by molar-refractivity contribution is -0.163. The Labute approximate surface area is 412 Å². The highest BCUT2D eigenvalue weighted by atomic mass is 16.6. The molecule has 0 aliphatic rings. The maximum atomic E-state index is 12.8. The number of allylic oxidation sites excluding steroid dienone is 8. The van der Waals surface area contributed by atoms with Gasteiger partial charge in [0.1, 0.15) is 6.61 Å². The van der Waals surface area contributed by atoms with Crippen LogP contribution in [0.2, 0.25) is 0 Å². The predicted octanol–water partition coefficient (Wildman–Crippen LogP) is 19.9. The van der Waals surface area contributed by atoms with Crippen molar-refractivity contribution in [1.82, 2.24) is 0 Å². The van der Waals surface area contributed by atoms with E-state index in [4.69, 9.17) is 14.2 Å². The maximum Gasteiger partial charge on any atom is 0.306 e. The second-order valence-corrected chi connectivity index (χ2v) is 19.5. The molecule has 0 N–H and O–H groups in total. The molecule has 0 aliphatic heterocycles. The lowest BCUT2D eigenvalue weighted by Crippen LogP contribution is -2.30. The molecule has 0 fully saturated rings. The van der Waals surface area contributed by atoms with Crippen LogP contribution in [0.15, 0.2) is 48.6 Å². The molecule has 0 amide bonds. The van der Waals surface area contributed by atoms with Crippen molar-refractivity contribution in [1.29, 1.82) is 0 Å². The Morgan fingerprint density at radius 1 is 0.348 bits per heavy atom. The summed E-state index contributed by atoms with van der Waals surface area (Å²) in [5, 5.41) is 0. The SMILES string of the molecule is CC/C=C\C/C=C\C/C=C\CCCCCC(=O)OC(COCCCCCCCCCCCC/C=C\CCCCCCCC)COC(=O)CCCCCCCCCCCCCCCCCCC. The van der Waals surface area contributed by atoms with Gasteiger partial charge in [-0.05, 0) is 77.0 Å². The van der Waals surface area contributed by atoms with Gasteiger partial charge in [0.2, 0.25) is 0 Å². The molecule has 5 heteroatoms. The number of ether oxygens (including phenoxy) is 3. The van der Waals surface area contributed by atoms with Gasteiger partial charge in [-0.3, -0.25) is 9.59 Å². The summed E-state index contributed by atoms with van der Waals surface area (Å²) in [6.45, 7) is 7.73.